The summed E-state index contributed by atoms with van der Waals surface area (Å²) in [6.45, 7) is 0. The van der Waals surface area contributed by atoms with Crippen molar-refractivity contribution >= 4 is 5.69 Å². The lowest BCUT2D eigenvalue weighted by molar-refractivity contribution is 0.626. The fraction of sp³-hybridized carbons (Fsp3) is 0.133. The molecular formula is C15H13FN2. The summed E-state index contributed by atoms with van der Waals surface area (Å²) in [6.07, 6.45) is 0.334. The first-order valence-electron chi connectivity index (χ1n) is 5.73. The van der Waals surface area contributed by atoms with Gasteiger partial charge >= 0.3 is 0 Å². The third-order valence-electron chi connectivity index (χ3n) is 2.68. The molecule has 2 aromatic rings. The largest absolute Gasteiger partial charge is 0.377 e. The van der Waals surface area contributed by atoms with Crippen molar-refractivity contribution in [3.63, 3.8) is 0 Å². The van der Waals surface area contributed by atoms with Crippen LogP contribution in [-0.2, 0) is 0 Å². The van der Waals surface area contributed by atoms with Crippen molar-refractivity contribution in [2.75, 3.05) is 5.32 Å². The zero-order chi connectivity index (χ0) is 12.8. The Hall–Kier alpha value is -2.34. The van der Waals surface area contributed by atoms with Gasteiger partial charge in [0.2, 0.25) is 0 Å². The number of para-hydroxylation sites is 1. The zero-order valence-electron chi connectivity index (χ0n) is 9.81. The maximum absolute atomic E-state index is 12.9. The van der Waals surface area contributed by atoms with Crippen molar-refractivity contribution in [1.82, 2.24) is 0 Å². The topological polar surface area (TPSA) is 35.8 Å². The van der Waals surface area contributed by atoms with Crippen LogP contribution in [0.3, 0.4) is 0 Å². The fourth-order valence-corrected chi connectivity index (χ4v) is 1.77. The highest BCUT2D eigenvalue weighted by Gasteiger charge is 2.10. The predicted octanol–water partition coefficient (Wildman–Crippen LogP) is 3.89. The molecule has 0 heterocycles. The van der Waals surface area contributed by atoms with Gasteiger partial charge in [0.1, 0.15) is 5.82 Å². The molecule has 0 saturated carbocycles. The number of rotatable bonds is 4. The smallest absolute Gasteiger partial charge is 0.123 e. The van der Waals surface area contributed by atoms with E-state index in [1.165, 1.54) is 12.1 Å². The lowest BCUT2D eigenvalue weighted by atomic mass is 10.0. The summed E-state index contributed by atoms with van der Waals surface area (Å²) in [5, 5.41) is 12.1. The van der Waals surface area contributed by atoms with Crippen molar-refractivity contribution in [2.45, 2.75) is 12.5 Å². The molecule has 1 N–H and O–H groups in total. The van der Waals surface area contributed by atoms with Crippen LogP contribution in [-0.4, -0.2) is 0 Å². The summed E-state index contributed by atoms with van der Waals surface area (Å²) in [4.78, 5) is 0. The second-order valence-corrected chi connectivity index (χ2v) is 3.98. The monoisotopic (exact) mass is 240 g/mol. The molecule has 90 valence electrons. The van der Waals surface area contributed by atoms with Crippen LogP contribution in [0.1, 0.15) is 18.0 Å². The van der Waals surface area contributed by atoms with E-state index in [9.17, 15) is 4.39 Å². The van der Waals surface area contributed by atoms with E-state index in [-0.39, 0.29) is 11.9 Å². The summed E-state index contributed by atoms with van der Waals surface area (Å²) in [5.74, 6) is -0.269. The van der Waals surface area contributed by atoms with Crippen molar-refractivity contribution in [3.05, 3.63) is 66.0 Å². The first-order chi connectivity index (χ1) is 8.79. The number of hydrogen-bond acceptors (Lipinski definition) is 2. The second kappa shape index (κ2) is 5.83. The number of anilines is 1. The van der Waals surface area contributed by atoms with Gasteiger partial charge in [-0.2, -0.15) is 5.26 Å². The van der Waals surface area contributed by atoms with Gasteiger partial charge in [0, 0.05) is 5.69 Å². The minimum Gasteiger partial charge on any atom is -0.377 e. The molecule has 0 fully saturated rings. The van der Waals surface area contributed by atoms with Crippen LogP contribution < -0.4 is 5.32 Å². The molecule has 0 radical (unpaired) electrons. The number of nitriles is 1. The summed E-state index contributed by atoms with van der Waals surface area (Å²) >= 11 is 0. The van der Waals surface area contributed by atoms with E-state index in [0.29, 0.717) is 6.42 Å². The highest BCUT2D eigenvalue weighted by molar-refractivity contribution is 5.45. The molecule has 0 aliphatic rings. The molecule has 1 atom stereocenters. The van der Waals surface area contributed by atoms with Gasteiger partial charge in [0.15, 0.2) is 0 Å². The average Bonchev–Trinajstić information content (AvgIpc) is 2.40. The van der Waals surface area contributed by atoms with Gasteiger partial charge in [0.05, 0.1) is 18.5 Å². The molecule has 0 amide bonds. The van der Waals surface area contributed by atoms with Crippen LogP contribution in [0.25, 0.3) is 0 Å². The normalized spacial score (nSPS) is 11.6. The Labute approximate surface area is 106 Å². The van der Waals surface area contributed by atoms with Crippen LogP contribution in [0.5, 0.6) is 0 Å². The average molecular weight is 240 g/mol. The van der Waals surface area contributed by atoms with E-state index in [1.807, 2.05) is 30.3 Å². The van der Waals surface area contributed by atoms with E-state index in [4.69, 9.17) is 5.26 Å². The number of nitrogens with zero attached hydrogens (tertiary/aromatic N) is 1. The second-order valence-electron chi connectivity index (χ2n) is 3.98. The standard InChI is InChI=1S/C15H13FN2/c16-13-8-6-12(7-9-13)15(10-11-17)18-14-4-2-1-3-5-14/h1-9,15,18H,10H2. The molecule has 3 heteroatoms. The Balaban J connectivity index is 2.18. The molecule has 2 aromatic carbocycles. The van der Waals surface area contributed by atoms with E-state index in [2.05, 4.69) is 11.4 Å². The minimum absolute atomic E-state index is 0.127. The molecule has 18 heavy (non-hydrogen) atoms. The predicted molar refractivity (Wildman–Crippen MR) is 69.4 cm³/mol. The Morgan fingerprint density at radius 2 is 1.72 bits per heavy atom. The van der Waals surface area contributed by atoms with Crippen molar-refractivity contribution < 1.29 is 4.39 Å². The van der Waals surface area contributed by atoms with Crippen molar-refractivity contribution in [2.24, 2.45) is 0 Å². The van der Waals surface area contributed by atoms with E-state index < -0.39 is 0 Å². The first kappa shape index (κ1) is 12.1. The van der Waals surface area contributed by atoms with Crippen molar-refractivity contribution in [3.8, 4) is 6.07 Å². The molecule has 2 nitrogen and oxygen atoms in total. The molecule has 0 saturated heterocycles. The maximum Gasteiger partial charge on any atom is 0.123 e. The summed E-state index contributed by atoms with van der Waals surface area (Å²) in [7, 11) is 0. The third kappa shape index (κ3) is 3.08. The molecule has 0 spiro atoms. The Kier molecular flexibility index (Phi) is 3.93. The molecular weight excluding hydrogens is 227 g/mol. The zero-order valence-corrected chi connectivity index (χ0v) is 9.81. The Morgan fingerprint density at radius 1 is 1.06 bits per heavy atom. The molecule has 0 bridgehead atoms. The molecule has 1 unspecified atom stereocenters. The van der Waals surface area contributed by atoms with Crippen molar-refractivity contribution in [1.29, 1.82) is 5.26 Å². The van der Waals surface area contributed by atoms with Crippen LogP contribution >= 0.6 is 0 Å². The van der Waals surface area contributed by atoms with E-state index in [0.717, 1.165) is 11.3 Å². The van der Waals surface area contributed by atoms with Gasteiger partial charge in [0.25, 0.3) is 0 Å². The number of nitrogens with one attached hydrogen (secondary N) is 1. The van der Waals surface area contributed by atoms with Crippen LogP contribution in [0, 0.1) is 17.1 Å². The van der Waals surface area contributed by atoms with Gasteiger partial charge in [-0.25, -0.2) is 4.39 Å². The third-order valence-corrected chi connectivity index (χ3v) is 2.68. The molecule has 0 aromatic heterocycles. The van der Waals surface area contributed by atoms with Gasteiger partial charge in [-0.15, -0.1) is 0 Å². The van der Waals surface area contributed by atoms with E-state index in [1.54, 1.807) is 12.1 Å². The lowest BCUT2D eigenvalue weighted by Crippen LogP contribution is -2.10. The summed E-state index contributed by atoms with van der Waals surface area (Å²) < 4.78 is 12.9. The minimum atomic E-state index is -0.269. The molecule has 0 aliphatic carbocycles. The Morgan fingerprint density at radius 3 is 2.33 bits per heavy atom. The fourth-order valence-electron chi connectivity index (χ4n) is 1.77. The van der Waals surface area contributed by atoms with Crippen LogP contribution in [0.2, 0.25) is 0 Å². The van der Waals surface area contributed by atoms with E-state index >= 15 is 0 Å². The van der Waals surface area contributed by atoms with Crippen LogP contribution in [0.15, 0.2) is 54.6 Å². The van der Waals surface area contributed by atoms with Gasteiger partial charge in [-0.05, 0) is 29.8 Å². The highest BCUT2D eigenvalue weighted by atomic mass is 19.1. The molecule has 2 rings (SSSR count). The Bertz CT molecular complexity index is 529. The highest BCUT2D eigenvalue weighted by Crippen LogP contribution is 2.22. The first-order valence-corrected chi connectivity index (χ1v) is 5.73. The SMILES string of the molecule is N#CCC(Nc1ccccc1)c1ccc(F)cc1. The quantitative estimate of drug-likeness (QED) is 0.879. The molecule has 0 aliphatic heterocycles. The van der Waals surface area contributed by atoms with Crippen LogP contribution in [0.4, 0.5) is 10.1 Å². The van der Waals surface area contributed by atoms with Gasteiger partial charge < -0.3 is 5.32 Å². The lowest BCUT2D eigenvalue weighted by Gasteiger charge is -2.17. The van der Waals surface area contributed by atoms with Gasteiger partial charge in [-0.3, -0.25) is 0 Å². The summed E-state index contributed by atoms with van der Waals surface area (Å²) in [6, 6.07) is 17.9. The summed E-state index contributed by atoms with van der Waals surface area (Å²) in [5.41, 5.74) is 1.85. The number of hydrogen-bond donors (Lipinski definition) is 1. The van der Waals surface area contributed by atoms with Gasteiger partial charge in [-0.1, -0.05) is 30.3 Å². The number of benzene rings is 2. The number of halogens is 1. The maximum atomic E-state index is 12.9.